The Bertz CT molecular complexity index is 417. The largest absolute Gasteiger partial charge is 0.490 e. The number of nitrogens with two attached hydrogens (primary N) is 1. The summed E-state index contributed by atoms with van der Waals surface area (Å²) in [5.74, 6) is -0.308. The van der Waals surface area contributed by atoms with E-state index in [1.807, 2.05) is 6.07 Å². The smallest absolute Gasteiger partial charge is 0.166 e. The zero-order valence-corrected chi connectivity index (χ0v) is 8.68. The molecule has 1 aliphatic heterocycles. The van der Waals surface area contributed by atoms with E-state index in [-0.39, 0.29) is 29.8 Å². The Hall–Kier alpha value is -1.31. The lowest BCUT2D eigenvalue weighted by Crippen LogP contribution is -2.21. The van der Waals surface area contributed by atoms with E-state index < -0.39 is 5.82 Å². The van der Waals surface area contributed by atoms with Crippen LogP contribution in [0.2, 0.25) is 0 Å². The summed E-state index contributed by atoms with van der Waals surface area (Å²) in [5.41, 5.74) is 6.65. The van der Waals surface area contributed by atoms with Crippen molar-refractivity contribution in [1.82, 2.24) is 0 Å². The SMILES string of the molecule is Cl.N#Cc1cc(F)c2c(c1)[C@H](N)CCO2. The van der Waals surface area contributed by atoms with E-state index in [2.05, 4.69) is 0 Å². The zero-order valence-electron chi connectivity index (χ0n) is 7.87. The monoisotopic (exact) mass is 228 g/mol. The average Bonchev–Trinajstić information content (AvgIpc) is 2.19. The van der Waals surface area contributed by atoms with E-state index in [1.54, 1.807) is 6.07 Å². The summed E-state index contributed by atoms with van der Waals surface area (Å²) in [4.78, 5) is 0. The Morgan fingerprint density at radius 2 is 2.27 bits per heavy atom. The van der Waals surface area contributed by atoms with Crippen LogP contribution >= 0.6 is 12.4 Å². The molecule has 0 aliphatic carbocycles. The van der Waals surface area contributed by atoms with Gasteiger partial charge in [0.15, 0.2) is 11.6 Å². The number of nitrogens with zero attached hydrogens (tertiary/aromatic N) is 1. The van der Waals surface area contributed by atoms with E-state index in [0.717, 1.165) is 6.07 Å². The maximum atomic E-state index is 13.4. The quantitative estimate of drug-likeness (QED) is 0.738. The molecular weight excluding hydrogens is 219 g/mol. The van der Waals surface area contributed by atoms with Crippen LogP contribution in [0.5, 0.6) is 5.75 Å². The highest BCUT2D eigenvalue weighted by Gasteiger charge is 2.22. The number of benzene rings is 1. The molecule has 0 fully saturated rings. The third-order valence-electron chi connectivity index (χ3n) is 2.28. The van der Waals surface area contributed by atoms with Crippen molar-refractivity contribution in [2.24, 2.45) is 5.73 Å². The summed E-state index contributed by atoms with van der Waals surface area (Å²) in [7, 11) is 0. The van der Waals surface area contributed by atoms with Crippen LogP contribution in [0.3, 0.4) is 0 Å². The number of nitriles is 1. The van der Waals surface area contributed by atoms with Crippen LogP contribution in [-0.2, 0) is 0 Å². The van der Waals surface area contributed by atoms with Crippen molar-refractivity contribution in [3.8, 4) is 11.8 Å². The molecule has 2 N–H and O–H groups in total. The first-order valence-electron chi connectivity index (χ1n) is 4.34. The van der Waals surface area contributed by atoms with E-state index in [9.17, 15) is 4.39 Å². The molecule has 0 saturated carbocycles. The Morgan fingerprint density at radius 1 is 1.53 bits per heavy atom. The third-order valence-corrected chi connectivity index (χ3v) is 2.28. The molecule has 5 heteroatoms. The topological polar surface area (TPSA) is 59.0 Å². The molecule has 15 heavy (non-hydrogen) atoms. The van der Waals surface area contributed by atoms with E-state index in [4.69, 9.17) is 15.7 Å². The predicted molar refractivity (Wildman–Crippen MR) is 55.4 cm³/mol. The van der Waals surface area contributed by atoms with Crippen molar-refractivity contribution in [3.63, 3.8) is 0 Å². The summed E-state index contributed by atoms with van der Waals surface area (Å²) >= 11 is 0. The first-order chi connectivity index (χ1) is 6.72. The molecule has 1 aromatic rings. The van der Waals surface area contributed by atoms with Crippen molar-refractivity contribution < 1.29 is 9.13 Å². The predicted octanol–water partition coefficient (Wildman–Crippen LogP) is 1.90. The van der Waals surface area contributed by atoms with Gasteiger partial charge in [0.25, 0.3) is 0 Å². The molecule has 80 valence electrons. The van der Waals surface area contributed by atoms with Gasteiger partial charge in [0.2, 0.25) is 0 Å². The van der Waals surface area contributed by atoms with E-state index >= 15 is 0 Å². The highest BCUT2D eigenvalue weighted by atomic mass is 35.5. The molecule has 0 aromatic heterocycles. The van der Waals surface area contributed by atoms with Gasteiger partial charge in [0, 0.05) is 18.0 Å². The molecular formula is C10H10ClFN2O. The van der Waals surface area contributed by atoms with Crippen molar-refractivity contribution >= 4 is 12.4 Å². The summed E-state index contributed by atoms with van der Waals surface area (Å²) in [6, 6.07) is 4.40. The Morgan fingerprint density at radius 3 is 2.93 bits per heavy atom. The molecule has 3 nitrogen and oxygen atoms in total. The van der Waals surface area contributed by atoms with Gasteiger partial charge in [-0.3, -0.25) is 0 Å². The Kier molecular flexibility index (Phi) is 3.51. The maximum Gasteiger partial charge on any atom is 0.166 e. The molecule has 1 heterocycles. The molecule has 0 saturated heterocycles. The standard InChI is InChI=1S/C10H9FN2O.ClH/c11-8-4-6(5-12)3-7-9(13)1-2-14-10(7)8;/h3-4,9H,1-2,13H2;1H/t9-;/m1./s1. The molecule has 1 aliphatic rings. The summed E-state index contributed by atoms with van der Waals surface area (Å²) < 4.78 is 18.5. The van der Waals surface area contributed by atoms with Crippen molar-refractivity contribution in [2.45, 2.75) is 12.5 Å². The van der Waals surface area contributed by atoms with E-state index in [1.165, 1.54) is 0 Å². The first-order valence-corrected chi connectivity index (χ1v) is 4.34. The molecule has 1 aromatic carbocycles. The number of ether oxygens (including phenoxy) is 1. The van der Waals surface area contributed by atoms with Gasteiger partial charge in [0.1, 0.15) is 0 Å². The normalized spacial score (nSPS) is 18.1. The van der Waals surface area contributed by atoms with Gasteiger partial charge in [-0.05, 0) is 12.1 Å². The third kappa shape index (κ3) is 2.04. The summed E-state index contributed by atoms with van der Waals surface area (Å²) in [6.45, 7) is 0.428. The lowest BCUT2D eigenvalue weighted by atomic mass is 9.99. The molecule has 0 amide bonds. The van der Waals surface area contributed by atoms with Crippen LogP contribution in [0.15, 0.2) is 12.1 Å². The highest BCUT2D eigenvalue weighted by Crippen LogP contribution is 2.33. The fourth-order valence-corrected chi connectivity index (χ4v) is 1.55. The lowest BCUT2D eigenvalue weighted by Gasteiger charge is -2.23. The van der Waals surface area contributed by atoms with Gasteiger partial charge >= 0.3 is 0 Å². The van der Waals surface area contributed by atoms with Gasteiger partial charge < -0.3 is 10.5 Å². The summed E-state index contributed by atoms with van der Waals surface area (Å²) in [5, 5.41) is 8.65. The van der Waals surface area contributed by atoms with E-state index in [0.29, 0.717) is 18.6 Å². The van der Waals surface area contributed by atoms with Gasteiger partial charge in [-0.15, -0.1) is 12.4 Å². The van der Waals surface area contributed by atoms with Crippen LogP contribution in [-0.4, -0.2) is 6.61 Å². The minimum Gasteiger partial charge on any atom is -0.490 e. The fourth-order valence-electron chi connectivity index (χ4n) is 1.55. The number of rotatable bonds is 0. The van der Waals surface area contributed by atoms with Gasteiger partial charge in [-0.25, -0.2) is 4.39 Å². The second-order valence-electron chi connectivity index (χ2n) is 3.23. The fraction of sp³-hybridized carbons (Fsp3) is 0.300. The van der Waals surface area contributed by atoms with Crippen LogP contribution in [0.1, 0.15) is 23.6 Å². The maximum absolute atomic E-state index is 13.4. The lowest BCUT2D eigenvalue weighted by molar-refractivity contribution is 0.255. The number of fused-ring (bicyclic) bond motifs is 1. The van der Waals surface area contributed by atoms with Crippen LogP contribution in [0, 0.1) is 17.1 Å². The van der Waals surface area contributed by atoms with Crippen molar-refractivity contribution in [1.29, 1.82) is 5.26 Å². The minimum absolute atomic E-state index is 0. The second kappa shape index (κ2) is 4.47. The van der Waals surface area contributed by atoms with Crippen molar-refractivity contribution in [3.05, 3.63) is 29.1 Å². The van der Waals surface area contributed by atoms with Gasteiger partial charge in [-0.2, -0.15) is 5.26 Å². The number of hydrogen-bond acceptors (Lipinski definition) is 3. The Balaban J connectivity index is 0.00000112. The molecule has 1 atom stereocenters. The minimum atomic E-state index is -0.505. The molecule has 0 unspecified atom stereocenters. The molecule has 2 rings (SSSR count). The zero-order chi connectivity index (χ0) is 10.1. The van der Waals surface area contributed by atoms with Crippen LogP contribution in [0.25, 0.3) is 0 Å². The molecule has 0 spiro atoms. The summed E-state index contributed by atoms with van der Waals surface area (Å²) in [6.07, 6.45) is 0.654. The Labute approximate surface area is 93.0 Å². The second-order valence-corrected chi connectivity index (χ2v) is 3.23. The van der Waals surface area contributed by atoms with Gasteiger partial charge in [0.05, 0.1) is 18.2 Å². The van der Waals surface area contributed by atoms with Crippen LogP contribution in [0.4, 0.5) is 4.39 Å². The average molecular weight is 229 g/mol. The first kappa shape index (κ1) is 11.8. The van der Waals surface area contributed by atoms with Crippen molar-refractivity contribution in [2.75, 3.05) is 6.61 Å². The van der Waals surface area contributed by atoms with Crippen LogP contribution < -0.4 is 10.5 Å². The number of hydrogen-bond donors (Lipinski definition) is 1. The molecule has 0 bridgehead atoms. The van der Waals surface area contributed by atoms with Gasteiger partial charge in [-0.1, -0.05) is 0 Å². The highest BCUT2D eigenvalue weighted by molar-refractivity contribution is 5.85. The molecule has 0 radical (unpaired) electrons. The number of halogens is 2.